The standard InChI is InChI=1S/C27H24N2/c1-19-10-8-13-22-18-24-26(28(19)3)16-9-17-27(24)29-20(2)23(22)14-6-4-11-21-12-5-7-15-25(21)29/h4-10,12-17H,1-2,11,18H2,3H3/b6-4-,10-8?,22-13?,23-14+. The predicted octanol–water partition coefficient (Wildman–Crippen LogP) is 6.38. The Morgan fingerprint density at radius 3 is 2.55 bits per heavy atom. The average molecular weight is 377 g/mol. The molecule has 0 fully saturated rings. The molecular weight excluding hydrogens is 352 g/mol. The van der Waals surface area contributed by atoms with Crippen LogP contribution in [0.5, 0.6) is 0 Å². The van der Waals surface area contributed by atoms with Crippen molar-refractivity contribution in [3.05, 3.63) is 126 Å². The summed E-state index contributed by atoms with van der Waals surface area (Å²) in [5.41, 5.74) is 10.6. The van der Waals surface area contributed by atoms with Crippen LogP contribution in [0.1, 0.15) is 11.1 Å². The Morgan fingerprint density at radius 2 is 1.66 bits per heavy atom. The lowest BCUT2D eigenvalue weighted by Gasteiger charge is -2.31. The van der Waals surface area contributed by atoms with E-state index in [9.17, 15) is 0 Å². The van der Waals surface area contributed by atoms with Gasteiger partial charge in [-0.25, -0.2) is 0 Å². The molecule has 0 saturated carbocycles. The molecule has 0 amide bonds. The van der Waals surface area contributed by atoms with Gasteiger partial charge in [0, 0.05) is 47.4 Å². The maximum Gasteiger partial charge on any atom is 0.0517 e. The van der Waals surface area contributed by atoms with E-state index in [0.29, 0.717) is 0 Å². The highest BCUT2D eigenvalue weighted by Crippen LogP contribution is 2.46. The third kappa shape index (κ3) is 2.80. The monoisotopic (exact) mass is 376 g/mol. The number of fused-ring (bicyclic) bond motifs is 7. The first-order valence-electron chi connectivity index (χ1n) is 10.0. The van der Waals surface area contributed by atoms with Crippen LogP contribution in [0.2, 0.25) is 0 Å². The van der Waals surface area contributed by atoms with Gasteiger partial charge in [-0.05, 0) is 41.8 Å². The van der Waals surface area contributed by atoms with Crippen molar-refractivity contribution in [3.8, 4) is 0 Å². The van der Waals surface area contributed by atoms with Gasteiger partial charge in [0.25, 0.3) is 0 Å². The molecule has 5 rings (SSSR count). The second-order valence-corrected chi connectivity index (χ2v) is 7.68. The Balaban J connectivity index is 1.88. The summed E-state index contributed by atoms with van der Waals surface area (Å²) >= 11 is 0. The Kier molecular flexibility index (Phi) is 4.13. The molecular formula is C27H24N2. The molecule has 0 N–H and O–H groups in total. The van der Waals surface area contributed by atoms with Crippen molar-refractivity contribution in [2.45, 2.75) is 12.8 Å². The highest BCUT2D eigenvalue weighted by Gasteiger charge is 2.29. The fraction of sp³-hybridized carbons (Fsp3) is 0.111. The van der Waals surface area contributed by atoms with E-state index in [1.165, 1.54) is 39.3 Å². The second kappa shape index (κ2) is 6.82. The van der Waals surface area contributed by atoms with Crippen molar-refractivity contribution in [1.82, 2.24) is 0 Å². The van der Waals surface area contributed by atoms with Crippen LogP contribution in [0.15, 0.2) is 115 Å². The molecule has 2 aromatic rings. The molecule has 3 aliphatic rings. The van der Waals surface area contributed by atoms with Crippen molar-refractivity contribution in [3.63, 3.8) is 0 Å². The van der Waals surface area contributed by atoms with Crippen LogP contribution in [0.3, 0.4) is 0 Å². The van der Waals surface area contributed by atoms with E-state index in [-0.39, 0.29) is 0 Å². The summed E-state index contributed by atoms with van der Waals surface area (Å²) in [6.45, 7) is 8.83. The second-order valence-electron chi connectivity index (χ2n) is 7.68. The van der Waals surface area contributed by atoms with Crippen LogP contribution in [-0.4, -0.2) is 7.05 Å². The largest absolute Gasteiger partial charge is 0.345 e. The van der Waals surface area contributed by atoms with E-state index in [2.05, 4.69) is 109 Å². The van der Waals surface area contributed by atoms with Gasteiger partial charge in [0.05, 0.1) is 5.69 Å². The minimum atomic E-state index is 0.852. The van der Waals surface area contributed by atoms with Crippen LogP contribution in [0.4, 0.5) is 17.1 Å². The normalized spacial score (nSPS) is 20.6. The van der Waals surface area contributed by atoms with Crippen LogP contribution in [0.25, 0.3) is 0 Å². The van der Waals surface area contributed by atoms with Gasteiger partial charge in [-0.1, -0.05) is 67.8 Å². The van der Waals surface area contributed by atoms with Gasteiger partial charge < -0.3 is 9.80 Å². The first kappa shape index (κ1) is 17.6. The number of anilines is 3. The van der Waals surface area contributed by atoms with Gasteiger partial charge in [0.1, 0.15) is 0 Å². The molecule has 2 heteroatoms. The van der Waals surface area contributed by atoms with Crippen molar-refractivity contribution >= 4 is 17.1 Å². The number of hydrogen-bond acceptors (Lipinski definition) is 2. The van der Waals surface area contributed by atoms with E-state index < -0.39 is 0 Å². The van der Waals surface area contributed by atoms with Crippen molar-refractivity contribution in [1.29, 1.82) is 0 Å². The molecule has 0 radical (unpaired) electrons. The van der Waals surface area contributed by atoms with Crippen LogP contribution < -0.4 is 9.80 Å². The highest BCUT2D eigenvalue weighted by atomic mass is 15.2. The molecule has 0 spiro atoms. The lowest BCUT2D eigenvalue weighted by Crippen LogP contribution is -2.20. The zero-order valence-corrected chi connectivity index (χ0v) is 16.7. The van der Waals surface area contributed by atoms with Gasteiger partial charge in [-0.2, -0.15) is 0 Å². The fourth-order valence-electron chi connectivity index (χ4n) is 4.43. The van der Waals surface area contributed by atoms with E-state index in [4.69, 9.17) is 0 Å². The number of benzene rings is 2. The first-order valence-corrected chi connectivity index (χ1v) is 10.0. The van der Waals surface area contributed by atoms with Crippen molar-refractivity contribution < 1.29 is 0 Å². The van der Waals surface area contributed by atoms with Crippen LogP contribution in [-0.2, 0) is 12.8 Å². The quantitative estimate of drug-likeness (QED) is 0.526. The first-order chi connectivity index (χ1) is 14.1. The summed E-state index contributed by atoms with van der Waals surface area (Å²) < 4.78 is 0. The number of para-hydroxylation sites is 1. The van der Waals surface area contributed by atoms with Gasteiger partial charge >= 0.3 is 0 Å². The summed E-state index contributed by atoms with van der Waals surface area (Å²) in [7, 11) is 2.09. The maximum absolute atomic E-state index is 4.57. The van der Waals surface area contributed by atoms with Gasteiger partial charge in [0.15, 0.2) is 0 Å². The molecule has 0 unspecified atom stereocenters. The molecule has 0 aromatic heterocycles. The molecule has 0 aliphatic carbocycles. The third-order valence-electron chi connectivity index (χ3n) is 6.01. The van der Waals surface area contributed by atoms with Gasteiger partial charge in [-0.3, -0.25) is 0 Å². The molecule has 3 heterocycles. The topological polar surface area (TPSA) is 6.48 Å². The summed E-state index contributed by atoms with van der Waals surface area (Å²) in [5.74, 6) is 0. The summed E-state index contributed by atoms with van der Waals surface area (Å²) in [5, 5.41) is 0. The van der Waals surface area contributed by atoms with Gasteiger partial charge in [0.2, 0.25) is 0 Å². The molecule has 3 aliphatic heterocycles. The SMILES string of the molecule is C=C1C=CC=C2Cc3c(cccc3N3C(=C)/C2=C\C=C/Cc2ccccc23)N1C. The minimum Gasteiger partial charge on any atom is -0.345 e. The number of allylic oxidation sites excluding steroid dienone is 7. The molecule has 0 saturated heterocycles. The molecule has 2 nitrogen and oxygen atoms in total. The number of rotatable bonds is 0. The smallest absolute Gasteiger partial charge is 0.0517 e. The number of hydrogen-bond donors (Lipinski definition) is 0. The van der Waals surface area contributed by atoms with E-state index in [0.717, 1.165) is 24.2 Å². The number of nitrogens with zero attached hydrogens (tertiary/aromatic N) is 2. The van der Waals surface area contributed by atoms with E-state index in [1.807, 2.05) is 0 Å². The van der Waals surface area contributed by atoms with Crippen molar-refractivity contribution in [2.75, 3.05) is 16.8 Å². The van der Waals surface area contributed by atoms with E-state index in [1.54, 1.807) is 0 Å². The summed E-state index contributed by atoms with van der Waals surface area (Å²) in [6, 6.07) is 15.2. The molecule has 0 atom stereocenters. The molecule has 29 heavy (non-hydrogen) atoms. The van der Waals surface area contributed by atoms with Crippen molar-refractivity contribution in [2.24, 2.45) is 0 Å². The molecule has 2 aromatic carbocycles. The Bertz CT molecular complexity index is 1160. The van der Waals surface area contributed by atoms with Crippen LogP contribution >= 0.6 is 0 Å². The zero-order valence-electron chi connectivity index (χ0n) is 16.7. The lowest BCUT2D eigenvalue weighted by atomic mass is 9.96. The fourth-order valence-corrected chi connectivity index (χ4v) is 4.43. The third-order valence-corrected chi connectivity index (χ3v) is 6.01. The molecule has 4 bridgehead atoms. The van der Waals surface area contributed by atoms with E-state index >= 15 is 0 Å². The van der Waals surface area contributed by atoms with Gasteiger partial charge in [-0.15, -0.1) is 0 Å². The average Bonchev–Trinajstić information content (AvgIpc) is 2.76. The highest BCUT2D eigenvalue weighted by molar-refractivity contribution is 5.84. The predicted molar refractivity (Wildman–Crippen MR) is 124 cm³/mol. The number of likely N-dealkylation sites (N-methyl/N-ethyl adjacent to an activating group) is 1. The Labute approximate surface area is 172 Å². The lowest BCUT2D eigenvalue weighted by molar-refractivity contribution is 1.09. The minimum absolute atomic E-state index is 0.852. The summed E-state index contributed by atoms with van der Waals surface area (Å²) in [4.78, 5) is 4.52. The zero-order chi connectivity index (χ0) is 20.0. The Morgan fingerprint density at radius 1 is 0.862 bits per heavy atom. The summed E-state index contributed by atoms with van der Waals surface area (Å²) in [6.07, 6.45) is 14.7. The maximum atomic E-state index is 4.57. The Hall–Kier alpha value is -3.52. The van der Waals surface area contributed by atoms with Crippen LogP contribution in [0, 0.1) is 0 Å². The molecule has 142 valence electrons.